The molecule has 0 amide bonds. The van der Waals surface area contributed by atoms with Gasteiger partial charge >= 0.3 is 0 Å². The standard InChI is InChI=1S/C12H18N2O3/c1-4-5-9(2)17-12-7-10(13-3)6-11(8-12)14(15)16/h6-9,13H,4-5H2,1-3H3. The van der Waals surface area contributed by atoms with Gasteiger partial charge in [-0.05, 0) is 13.3 Å². The molecule has 0 bridgehead atoms. The third-order valence-corrected chi connectivity index (χ3v) is 2.42. The van der Waals surface area contributed by atoms with Crippen molar-refractivity contribution in [2.45, 2.75) is 32.8 Å². The van der Waals surface area contributed by atoms with E-state index in [4.69, 9.17) is 4.74 Å². The molecule has 1 aromatic rings. The van der Waals surface area contributed by atoms with E-state index in [-0.39, 0.29) is 11.8 Å². The third-order valence-electron chi connectivity index (χ3n) is 2.42. The van der Waals surface area contributed by atoms with Crippen LogP contribution in [0.4, 0.5) is 11.4 Å². The summed E-state index contributed by atoms with van der Waals surface area (Å²) in [6, 6.07) is 4.70. The largest absolute Gasteiger partial charge is 0.490 e. The van der Waals surface area contributed by atoms with Crippen molar-refractivity contribution >= 4 is 11.4 Å². The smallest absolute Gasteiger partial charge is 0.275 e. The highest BCUT2D eigenvalue weighted by molar-refractivity contribution is 5.56. The highest BCUT2D eigenvalue weighted by atomic mass is 16.6. The summed E-state index contributed by atoms with van der Waals surface area (Å²) >= 11 is 0. The molecule has 0 radical (unpaired) electrons. The Labute approximate surface area is 101 Å². The molecule has 5 nitrogen and oxygen atoms in total. The van der Waals surface area contributed by atoms with E-state index in [2.05, 4.69) is 12.2 Å². The Balaban J connectivity index is 2.90. The van der Waals surface area contributed by atoms with Crippen LogP contribution >= 0.6 is 0 Å². The van der Waals surface area contributed by atoms with E-state index in [1.165, 1.54) is 12.1 Å². The third kappa shape index (κ3) is 3.94. The van der Waals surface area contributed by atoms with E-state index in [9.17, 15) is 10.1 Å². The minimum atomic E-state index is -0.418. The molecule has 0 spiro atoms. The van der Waals surface area contributed by atoms with Crippen LogP contribution in [-0.4, -0.2) is 18.1 Å². The summed E-state index contributed by atoms with van der Waals surface area (Å²) in [5.74, 6) is 0.532. The monoisotopic (exact) mass is 238 g/mol. The predicted octanol–water partition coefficient (Wildman–Crippen LogP) is 3.20. The van der Waals surface area contributed by atoms with E-state index in [1.54, 1.807) is 13.1 Å². The Morgan fingerprint density at radius 3 is 2.71 bits per heavy atom. The molecule has 0 saturated heterocycles. The second kappa shape index (κ2) is 6.08. The van der Waals surface area contributed by atoms with Crippen molar-refractivity contribution in [3.63, 3.8) is 0 Å². The lowest BCUT2D eigenvalue weighted by atomic mass is 10.2. The van der Waals surface area contributed by atoms with Crippen LogP contribution in [0.1, 0.15) is 26.7 Å². The highest BCUT2D eigenvalue weighted by Crippen LogP contribution is 2.26. The van der Waals surface area contributed by atoms with Crippen molar-refractivity contribution in [1.29, 1.82) is 0 Å². The molecular formula is C12H18N2O3. The zero-order valence-corrected chi connectivity index (χ0v) is 10.4. The Morgan fingerprint density at radius 2 is 2.18 bits per heavy atom. The summed E-state index contributed by atoms with van der Waals surface area (Å²) in [4.78, 5) is 10.3. The molecule has 0 aliphatic carbocycles. The lowest BCUT2D eigenvalue weighted by molar-refractivity contribution is -0.384. The number of anilines is 1. The second-order valence-corrected chi connectivity index (χ2v) is 3.94. The molecule has 0 aliphatic rings. The maximum Gasteiger partial charge on any atom is 0.275 e. The summed E-state index contributed by atoms with van der Waals surface area (Å²) in [6.07, 6.45) is 2.01. The first-order valence-corrected chi connectivity index (χ1v) is 5.70. The maximum absolute atomic E-state index is 10.8. The molecule has 0 heterocycles. The minimum absolute atomic E-state index is 0.0375. The molecule has 1 atom stereocenters. The van der Waals surface area contributed by atoms with Gasteiger partial charge in [0.1, 0.15) is 5.75 Å². The van der Waals surface area contributed by atoms with E-state index in [0.29, 0.717) is 11.4 Å². The normalized spacial score (nSPS) is 11.9. The van der Waals surface area contributed by atoms with Crippen molar-refractivity contribution in [3.05, 3.63) is 28.3 Å². The van der Waals surface area contributed by atoms with Crippen molar-refractivity contribution < 1.29 is 9.66 Å². The van der Waals surface area contributed by atoms with Gasteiger partial charge in [0.15, 0.2) is 0 Å². The Bertz CT molecular complexity index is 393. The number of ether oxygens (including phenoxy) is 1. The first-order chi connectivity index (χ1) is 8.06. The number of nitrogens with zero attached hydrogens (tertiary/aromatic N) is 1. The molecule has 94 valence electrons. The molecule has 1 rings (SSSR count). The van der Waals surface area contributed by atoms with Gasteiger partial charge in [-0.1, -0.05) is 13.3 Å². The lowest BCUT2D eigenvalue weighted by Crippen LogP contribution is -2.11. The van der Waals surface area contributed by atoms with Crippen LogP contribution in [0.15, 0.2) is 18.2 Å². The highest BCUT2D eigenvalue weighted by Gasteiger charge is 2.11. The van der Waals surface area contributed by atoms with Gasteiger partial charge in [-0.3, -0.25) is 10.1 Å². The van der Waals surface area contributed by atoms with Crippen LogP contribution in [0, 0.1) is 10.1 Å². The van der Waals surface area contributed by atoms with Crippen molar-refractivity contribution in [1.82, 2.24) is 0 Å². The van der Waals surface area contributed by atoms with Crippen molar-refractivity contribution in [3.8, 4) is 5.75 Å². The van der Waals surface area contributed by atoms with Gasteiger partial charge in [-0.2, -0.15) is 0 Å². The SMILES string of the molecule is CCCC(C)Oc1cc(NC)cc([N+](=O)[O-])c1. The molecule has 0 fully saturated rings. The molecular weight excluding hydrogens is 220 g/mol. The quantitative estimate of drug-likeness (QED) is 0.610. The second-order valence-electron chi connectivity index (χ2n) is 3.94. The van der Waals surface area contributed by atoms with Crippen LogP contribution in [0.2, 0.25) is 0 Å². The fraction of sp³-hybridized carbons (Fsp3) is 0.500. The molecule has 1 unspecified atom stereocenters. The predicted molar refractivity (Wildman–Crippen MR) is 67.6 cm³/mol. The zero-order chi connectivity index (χ0) is 12.8. The van der Waals surface area contributed by atoms with Crippen molar-refractivity contribution in [2.24, 2.45) is 0 Å². The number of hydrogen-bond acceptors (Lipinski definition) is 4. The van der Waals surface area contributed by atoms with Crippen LogP contribution < -0.4 is 10.1 Å². The Morgan fingerprint density at radius 1 is 1.47 bits per heavy atom. The molecule has 0 aliphatic heterocycles. The summed E-state index contributed by atoms with van der Waals surface area (Å²) < 4.78 is 5.64. The first kappa shape index (κ1) is 13.3. The number of non-ortho nitro benzene ring substituents is 1. The van der Waals surface area contributed by atoms with E-state index >= 15 is 0 Å². The zero-order valence-electron chi connectivity index (χ0n) is 10.4. The number of benzene rings is 1. The molecule has 1 aromatic carbocycles. The van der Waals surface area contributed by atoms with Gasteiger partial charge in [0.2, 0.25) is 0 Å². The lowest BCUT2D eigenvalue weighted by Gasteiger charge is -2.14. The van der Waals surface area contributed by atoms with Gasteiger partial charge in [-0.15, -0.1) is 0 Å². The first-order valence-electron chi connectivity index (χ1n) is 5.70. The van der Waals surface area contributed by atoms with Crippen LogP contribution in [0.3, 0.4) is 0 Å². The fourth-order valence-electron chi connectivity index (χ4n) is 1.60. The van der Waals surface area contributed by atoms with Crippen LogP contribution in [-0.2, 0) is 0 Å². The minimum Gasteiger partial charge on any atom is -0.490 e. The van der Waals surface area contributed by atoms with E-state index in [1.807, 2.05) is 6.92 Å². The van der Waals surface area contributed by atoms with Crippen molar-refractivity contribution in [2.75, 3.05) is 12.4 Å². The summed E-state index contributed by atoms with van der Waals surface area (Å²) in [5, 5.41) is 13.6. The topological polar surface area (TPSA) is 64.4 Å². The van der Waals surface area contributed by atoms with Gasteiger partial charge in [0.25, 0.3) is 5.69 Å². The number of nitro groups is 1. The molecule has 1 N–H and O–H groups in total. The van der Waals surface area contributed by atoms with Gasteiger partial charge in [0.05, 0.1) is 17.1 Å². The summed E-state index contributed by atoms with van der Waals surface area (Å²) in [6.45, 7) is 4.04. The van der Waals surface area contributed by atoms with E-state index < -0.39 is 4.92 Å². The molecule has 0 saturated carbocycles. The summed E-state index contributed by atoms with van der Waals surface area (Å²) in [5.41, 5.74) is 0.716. The van der Waals surface area contributed by atoms with Crippen LogP contribution in [0.5, 0.6) is 5.75 Å². The maximum atomic E-state index is 10.8. The Hall–Kier alpha value is -1.78. The van der Waals surface area contributed by atoms with Gasteiger partial charge in [-0.25, -0.2) is 0 Å². The number of rotatable bonds is 6. The number of nitrogens with one attached hydrogen (secondary N) is 1. The van der Waals surface area contributed by atoms with E-state index in [0.717, 1.165) is 12.8 Å². The van der Waals surface area contributed by atoms with Gasteiger partial charge in [0, 0.05) is 24.9 Å². The Kier molecular flexibility index (Phi) is 4.75. The number of nitro benzene ring substituents is 1. The fourth-order valence-corrected chi connectivity index (χ4v) is 1.60. The molecule has 0 aromatic heterocycles. The van der Waals surface area contributed by atoms with Crippen LogP contribution in [0.25, 0.3) is 0 Å². The van der Waals surface area contributed by atoms with Gasteiger partial charge < -0.3 is 10.1 Å². The summed E-state index contributed by atoms with van der Waals surface area (Å²) in [7, 11) is 1.72. The average molecular weight is 238 g/mol. The molecule has 5 heteroatoms. The number of hydrogen-bond donors (Lipinski definition) is 1. The molecule has 17 heavy (non-hydrogen) atoms. The average Bonchev–Trinajstić information content (AvgIpc) is 2.28.